The third-order valence-electron chi connectivity index (χ3n) is 2.31. The van der Waals surface area contributed by atoms with Gasteiger partial charge in [-0.3, -0.25) is 0 Å². The molecule has 0 unspecified atom stereocenters. The molecular weight excluding hydrogens is 236 g/mol. The minimum Gasteiger partial charge on any atom is -0.508 e. The summed E-state index contributed by atoms with van der Waals surface area (Å²) in [7, 11) is 0. The number of fused-ring (bicyclic) bond motifs is 1. The Morgan fingerprint density at radius 3 is 2.72 bits per heavy atom. The van der Waals surface area contributed by atoms with Crippen molar-refractivity contribution in [3.63, 3.8) is 0 Å². The number of benzene rings is 1. The predicted molar refractivity (Wildman–Crippen MR) is 61.8 cm³/mol. The molecule has 0 atom stereocenters. The normalized spacial score (nSPS) is 10.7. The number of rotatable bonds is 2. The Morgan fingerprint density at radius 1 is 1.17 bits per heavy atom. The molecule has 90 valence electrons. The van der Waals surface area contributed by atoms with E-state index in [1.807, 2.05) is 0 Å². The van der Waals surface area contributed by atoms with Crippen molar-refractivity contribution >= 4 is 5.65 Å². The summed E-state index contributed by atoms with van der Waals surface area (Å²) in [6.45, 7) is 0. The molecule has 2 N–H and O–H groups in total. The Kier molecular flexibility index (Phi) is 2.23. The fourth-order valence-corrected chi connectivity index (χ4v) is 1.48. The summed E-state index contributed by atoms with van der Waals surface area (Å²) in [5, 5.41) is 19.2. The third-order valence-corrected chi connectivity index (χ3v) is 2.31. The van der Waals surface area contributed by atoms with E-state index in [9.17, 15) is 4.79 Å². The van der Waals surface area contributed by atoms with Gasteiger partial charge in [-0.1, -0.05) is 0 Å². The summed E-state index contributed by atoms with van der Waals surface area (Å²) < 4.78 is 6.55. The lowest BCUT2D eigenvalue weighted by Gasteiger charge is -2.03. The summed E-state index contributed by atoms with van der Waals surface area (Å²) >= 11 is 0. The molecule has 18 heavy (non-hydrogen) atoms. The number of aromatic nitrogens is 4. The first-order chi connectivity index (χ1) is 8.72. The molecule has 2 heterocycles. The molecule has 0 bridgehead atoms. The molecule has 0 radical (unpaired) electrons. The molecule has 0 saturated heterocycles. The molecule has 0 aliphatic rings. The second-order valence-corrected chi connectivity index (χ2v) is 3.57. The van der Waals surface area contributed by atoms with Crippen LogP contribution in [0.1, 0.15) is 0 Å². The maximum absolute atomic E-state index is 11.3. The molecule has 0 spiro atoms. The van der Waals surface area contributed by atoms with Crippen LogP contribution in [0.4, 0.5) is 0 Å². The van der Waals surface area contributed by atoms with E-state index in [1.165, 1.54) is 12.1 Å². The van der Waals surface area contributed by atoms with Gasteiger partial charge in [0.15, 0.2) is 5.65 Å². The minimum atomic E-state index is -0.429. The first-order valence-corrected chi connectivity index (χ1v) is 5.14. The lowest BCUT2D eigenvalue weighted by Crippen LogP contribution is -2.12. The Bertz CT molecular complexity index is 745. The first-order valence-electron chi connectivity index (χ1n) is 5.14. The monoisotopic (exact) mass is 244 g/mol. The SMILES string of the molecule is O=c1[nH]nc2ccc(Oc3ccc(O)cc3)nn12. The van der Waals surface area contributed by atoms with Crippen molar-refractivity contribution in [2.75, 3.05) is 0 Å². The van der Waals surface area contributed by atoms with E-state index in [1.54, 1.807) is 24.3 Å². The standard InChI is InChI=1S/C11H8N4O3/c16-7-1-3-8(4-2-7)18-10-6-5-9-12-13-11(17)15(9)14-10/h1-6,16H,(H,13,17). The van der Waals surface area contributed by atoms with E-state index in [-0.39, 0.29) is 11.6 Å². The van der Waals surface area contributed by atoms with Crippen LogP contribution in [0.15, 0.2) is 41.2 Å². The van der Waals surface area contributed by atoms with E-state index < -0.39 is 5.69 Å². The molecule has 0 aliphatic heterocycles. The highest BCUT2D eigenvalue weighted by Crippen LogP contribution is 2.21. The predicted octanol–water partition coefficient (Wildman–Crippen LogP) is 0.915. The highest BCUT2D eigenvalue weighted by molar-refractivity contribution is 5.37. The summed E-state index contributed by atoms with van der Waals surface area (Å²) in [5.41, 5.74) is -0.0146. The van der Waals surface area contributed by atoms with Crippen molar-refractivity contribution in [1.82, 2.24) is 19.8 Å². The van der Waals surface area contributed by atoms with E-state index in [0.717, 1.165) is 4.52 Å². The molecular formula is C11H8N4O3. The van der Waals surface area contributed by atoms with Crippen molar-refractivity contribution in [3.8, 4) is 17.4 Å². The van der Waals surface area contributed by atoms with Crippen LogP contribution in [0.3, 0.4) is 0 Å². The lowest BCUT2D eigenvalue weighted by molar-refractivity contribution is 0.445. The van der Waals surface area contributed by atoms with Gasteiger partial charge in [-0.2, -0.15) is 9.61 Å². The average Bonchev–Trinajstić information content (AvgIpc) is 2.74. The average molecular weight is 244 g/mol. The second-order valence-electron chi connectivity index (χ2n) is 3.57. The smallest absolute Gasteiger partial charge is 0.364 e. The van der Waals surface area contributed by atoms with Gasteiger partial charge >= 0.3 is 5.69 Å². The number of H-pyrrole nitrogens is 1. The van der Waals surface area contributed by atoms with E-state index in [4.69, 9.17) is 9.84 Å². The second kappa shape index (κ2) is 3.88. The van der Waals surface area contributed by atoms with Crippen molar-refractivity contribution in [2.45, 2.75) is 0 Å². The Labute approximate surface area is 100 Å². The topological polar surface area (TPSA) is 92.5 Å². The van der Waals surface area contributed by atoms with Gasteiger partial charge in [0.05, 0.1) is 0 Å². The van der Waals surface area contributed by atoms with Crippen LogP contribution in [-0.4, -0.2) is 24.9 Å². The summed E-state index contributed by atoms with van der Waals surface area (Å²) in [5.74, 6) is 0.921. The zero-order valence-electron chi connectivity index (χ0n) is 9.07. The number of phenolic OH excluding ortho intramolecular Hbond substituents is 1. The number of aromatic amines is 1. The van der Waals surface area contributed by atoms with Gasteiger partial charge in [-0.15, -0.1) is 5.10 Å². The van der Waals surface area contributed by atoms with Crippen molar-refractivity contribution < 1.29 is 9.84 Å². The molecule has 0 saturated carbocycles. The summed E-state index contributed by atoms with van der Waals surface area (Å²) in [6, 6.07) is 9.40. The number of hydrogen-bond acceptors (Lipinski definition) is 5. The third kappa shape index (κ3) is 1.77. The molecule has 1 aromatic carbocycles. The number of hydrogen-bond donors (Lipinski definition) is 2. The number of aromatic hydroxyl groups is 1. The maximum Gasteiger partial charge on any atom is 0.364 e. The van der Waals surface area contributed by atoms with Crippen molar-refractivity contribution in [2.24, 2.45) is 0 Å². The minimum absolute atomic E-state index is 0.150. The summed E-state index contributed by atoms with van der Waals surface area (Å²) in [6.07, 6.45) is 0. The Balaban J connectivity index is 1.97. The van der Waals surface area contributed by atoms with Gasteiger partial charge in [0.1, 0.15) is 11.5 Å². The molecule has 0 aliphatic carbocycles. The van der Waals surface area contributed by atoms with Crippen LogP contribution < -0.4 is 10.4 Å². The van der Waals surface area contributed by atoms with Gasteiger partial charge in [0, 0.05) is 6.07 Å². The van der Waals surface area contributed by atoms with Crippen LogP contribution in [0.2, 0.25) is 0 Å². The van der Waals surface area contributed by atoms with Crippen LogP contribution in [-0.2, 0) is 0 Å². The van der Waals surface area contributed by atoms with Crippen LogP contribution in [0.25, 0.3) is 5.65 Å². The molecule has 0 fully saturated rings. The molecule has 3 aromatic rings. The highest BCUT2D eigenvalue weighted by Gasteiger charge is 2.04. The van der Waals surface area contributed by atoms with Crippen LogP contribution >= 0.6 is 0 Å². The van der Waals surface area contributed by atoms with Gasteiger partial charge in [-0.25, -0.2) is 9.89 Å². The highest BCUT2D eigenvalue weighted by atomic mass is 16.5. The van der Waals surface area contributed by atoms with E-state index in [0.29, 0.717) is 11.4 Å². The van der Waals surface area contributed by atoms with Gasteiger partial charge in [0.25, 0.3) is 0 Å². The quantitative estimate of drug-likeness (QED) is 0.699. The van der Waals surface area contributed by atoms with Gasteiger partial charge in [0.2, 0.25) is 5.88 Å². The van der Waals surface area contributed by atoms with Gasteiger partial charge < -0.3 is 9.84 Å². The number of ether oxygens (including phenoxy) is 1. The zero-order chi connectivity index (χ0) is 12.5. The van der Waals surface area contributed by atoms with Crippen molar-refractivity contribution in [3.05, 3.63) is 46.9 Å². The zero-order valence-corrected chi connectivity index (χ0v) is 9.07. The fourth-order valence-electron chi connectivity index (χ4n) is 1.48. The van der Waals surface area contributed by atoms with Crippen molar-refractivity contribution in [1.29, 1.82) is 0 Å². The van der Waals surface area contributed by atoms with E-state index in [2.05, 4.69) is 15.3 Å². The van der Waals surface area contributed by atoms with Crippen LogP contribution in [0.5, 0.6) is 17.4 Å². The molecule has 7 heteroatoms. The molecule has 3 rings (SSSR count). The first kappa shape index (κ1) is 10.3. The maximum atomic E-state index is 11.3. The molecule has 7 nitrogen and oxygen atoms in total. The number of nitrogens with one attached hydrogen (secondary N) is 1. The lowest BCUT2D eigenvalue weighted by atomic mass is 10.3. The number of nitrogens with zero attached hydrogens (tertiary/aromatic N) is 3. The Morgan fingerprint density at radius 2 is 1.94 bits per heavy atom. The molecule has 2 aromatic heterocycles. The summed E-state index contributed by atoms with van der Waals surface area (Å²) in [4.78, 5) is 11.3. The molecule has 0 amide bonds. The number of phenols is 1. The van der Waals surface area contributed by atoms with Crippen LogP contribution in [0, 0.1) is 0 Å². The Hall–Kier alpha value is -2.83. The van der Waals surface area contributed by atoms with Gasteiger partial charge in [-0.05, 0) is 30.3 Å². The van der Waals surface area contributed by atoms with E-state index >= 15 is 0 Å². The fraction of sp³-hybridized carbons (Fsp3) is 0. The largest absolute Gasteiger partial charge is 0.508 e.